The molecule has 2 amide bonds. The molecule has 4 atom stereocenters. The highest BCUT2D eigenvalue weighted by atomic mass is 16.5. The molecule has 0 unspecified atom stereocenters. The predicted molar refractivity (Wildman–Crippen MR) is 173 cm³/mol. The molecule has 254 valence electrons. The summed E-state index contributed by atoms with van der Waals surface area (Å²) in [5.74, 6) is -8.54. The summed E-state index contributed by atoms with van der Waals surface area (Å²) in [6.07, 6.45) is 0.0797. The Balaban J connectivity index is 1.65. The zero-order chi connectivity index (χ0) is 35.4. The number of anilines is 1. The van der Waals surface area contributed by atoms with Gasteiger partial charge in [-0.25, -0.2) is 0 Å². The number of aromatic hydroxyl groups is 1. The van der Waals surface area contributed by atoms with Crippen LogP contribution < -0.4 is 16.0 Å². The summed E-state index contributed by atoms with van der Waals surface area (Å²) in [6, 6.07) is 6.72. The van der Waals surface area contributed by atoms with Gasteiger partial charge in [-0.2, -0.15) is 0 Å². The number of aliphatic hydroxyl groups is 3. The minimum absolute atomic E-state index is 0.0376. The van der Waals surface area contributed by atoms with Gasteiger partial charge in [-0.1, -0.05) is 12.1 Å². The van der Waals surface area contributed by atoms with E-state index in [-0.39, 0.29) is 48.3 Å². The first-order valence-electron chi connectivity index (χ1n) is 15.3. The number of primary amides is 1. The van der Waals surface area contributed by atoms with Crippen LogP contribution in [-0.4, -0.2) is 108 Å². The first kappa shape index (κ1) is 34.1. The summed E-state index contributed by atoms with van der Waals surface area (Å²) in [5, 5.41) is 48.9. The van der Waals surface area contributed by atoms with Gasteiger partial charge in [0.05, 0.1) is 18.2 Å². The standard InChI is InChI=1S/C34H38N4O10/c1-6-48-22(39)14-36-33(46)16-9-7-8-15(10-16)18-13-21(37(2)3)19-11-17-12-20-26(38(4)5)29(42)25(32(35)45)31(44)34(20,47)30(43)23(17)28(41)24(19)27(18)40/h7-10,13,17,20,26,40-41,44,47H,6,11-12,14H2,1-5H3,(H2,35,45)(H,36,46)/t17-,20-,26+,34-/m0/s1. The molecule has 0 heterocycles. The number of carbonyl (C=O) groups excluding carboxylic acids is 5. The first-order chi connectivity index (χ1) is 22.6. The van der Waals surface area contributed by atoms with Crippen LogP contribution in [0.5, 0.6) is 5.75 Å². The van der Waals surface area contributed by atoms with Crippen LogP contribution in [0.1, 0.15) is 34.8 Å². The Hall–Kier alpha value is -5.21. The van der Waals surface area contributed by atoms with Crippen LogP contribution in [0.15, 0.2) is 47.2 Å². The van der Waals surface area contributed by atoms with Crippen molar-refractivity contribution in [2.24, 2.45) is 17.6 Å². The number of phenols is 1. The summed E-state index contributed by atoms with van der Waals surface area (Å²) < 4.78 is 4.85. The number of carbonyl (C=O) groups is 5. The van der Waals surface area contributed by atoms with Crippen molar-refractivity contribution in [2.45, 2.75) is 31.4 Å². The number of esters is 1. The number of nitrogens with one attached hydrogen (secondary N) is 1. The molecule has 3 aliphatic carbocycles. The molecular formula is C34H38N4O10. The van der Waals surface area contributed by atoms with Crippen molar-refractivity contribution in [3.63, 3.8) is 0 Å². The van der Waals surface area contributed by atoms with E-state index in [1.54, 1.807) is 44.1 Å². The number of hydrogen-bond donors (Lipinski definition) is 6. The average molecular weight is 663 g/mol. The highest BCUT2D eigenvalue weighted by molar-refractivity contribution is 6.24. The van der Waals surface area contributed by atoms with Gasteiger partial charge in [0.25, 0.3) is 11.8 Å². The molecule has 0 radical (unpaired) electrons. The number of likely N-dealkylation sites (N-methyl/N-ethyl adjacent to an activating group) is 1. The van der Waals surface area contributed by atoms with E-state index in [0.717, 1.165) is 0 Å². The van der Waals surface area contributed by atoms with Gasteiger partial charge in [0.15, 0.2) is 11.4 Å². The number of nitrogens with zero attached hydrogens (tertiary/aromatic N) is 2. The SMILES string of the molecule is CCOC(=O)CNC(=O)c1cccc(-c2cc(N(C)C)c3c(c2O)C(O)=C2C(=O)[C@]4(O)C(O)=C(C(N)=O)C(=O)[C@H](N(C)C)[C@@H]4C[C@@H]2C3)c1. The minimum atomic E-state index is -2.76. The number of ketones is 2. The van der Waals surface area contributed by atoms with Crippen molar-refractivity contribution >= 4 is 40.8 Å². The molecule has 0 aliphatic heterocycles. The molecule has 2 aromatic carbocycles. The van der Waals surface area contributed by atoms with Crippen molar-refractivity contribution in [1.29, 1.82) is 0 Å². The number of ether oxygens (including phenoxy) is 1. The normalized spacial score (nSPS) is 23.4. The largest absolute Gasteiger partial charge is 0.508 e. The maximum absolute atomic E-state index is 14.2. The Kier molecular flexibility index (Phi) is 8.84. The Morgan fingerprint density at radius 1 is 1.08 bits per heavy atom. The molecule has 3 aliphatic rings. The number of rotatable bonds is 8. The molecule has 5 rings (SSSR count). The number of Topliss-reactive ketones (excluding diaryl/α,β-unsaturated/α-hetero) is 2. The van der Waals surface area contributed by atoms with Crippen LogP contribution in [-0.2, 0) is 30.3 Å². The van der Waals surface area contributed by atoms with E-state index in [1.165, 1.54) is 31.1 Å². The lowest BCUT2D eigenvalue weighted by molar-refractivity contribution is -0.153. The molecule has 0 saturated heterocycles. The molecule has 48 heavy (non-hydrogen) atoms. The van der Waals surface area contributed by atoms with E-state index in [0.29, 0.717) is 16.8 Å². The lowest BCUT2D eigenvalue weighted by Crippen LogP contribution is -2.65. The monoisotopic (exact) mass is 662 g/mol. The van der Waals surface area contributed by atoms with Gasteiger partial charge >= 0.3 is 5.97 Å². The number of hydrogen-bond acceptors (Lipinski definition) is 12. The van der Waals surface area contributed by atoms with E-state index in [1.807, 2.05) is 0 Å². The Morgan fingerprint density at radius 3 is 2.38 bits per heavy atom. The average Bonchev–Trinajstić information content (AvgIpc) is 3.01. The minimum Gasteiger partial charge on any atom is -0.508 e. The van der Waals surface area contributed by atoms with E-state index in [9.17, 15) is 44.4 Å². The molecule has 14 nitrogen and oxygen atoms in total. The summed E-state index contributed by atoms with van der Waals surface area (Å²) in [4.78, 5) is 67.6. The van der Waals surface area contributed by atoms with E-state index < -0.39 is 75.7 Å². The molecular weight excluding hydrogens is 624 g/mol. The number of fused-ring (bicyclic) bond motifs is 3. The number of aliphatic hydroxyl groups excluding tert-OH is 2. The smallest absolute Gasteiger partial charge is 0.325 e. The molecule has 1 fully saturated rings. The van der Waals surface area contributed by atoms with E-state index in [2.05, 4.69) is 5.32 Å². The van der Waals surface area contributed by atoms with Crippen LogP contribution in [0.4, 0.5) is 5.69 Å². The number of benzene rings is 2. The quantitative estimate of drug-likeness (QED) is 0.172. The van der Waals surface area contributed by atoms with Crippen LogP contribution in [0.25, 0.3) is 16.9 Å². The molecule has 1 saturated carbocycles. The third kappa shape index (κ3) is 5.26. The fraction of sp³-hybridized carbons (Fsp3) is 0.382. The first-order valence-corrected chi connectivity index (χ1v) is 15.3. The fourth-order valence-corrected chi connectivity index (χ4v) is 7.21. The van der Waals surface area contributed by atoms with Crippen molar-refractivity contribution in [1.82, 2.24) is 10.2 Å². The zero-order valence-electron chi connectivity index (χ0n) is 27.2. The molecule has 0 spiro atoms. The number of nitrogens with two attached hydrogens (primary N) is 1. The highest BCUT2D eigenvalue weighted by Gasteiger charge is 2.64. The fourth-order valence-electron chi connectivity index (χ4n) is 7.21. The van der Waals surface area contributed by atoms with Crippen molar-refractivity contribution in [3.05, 3.63) is 63.9 Å². The van der Waals surface area contributed by atoms with Gasteiger partial charge in [0.2, 0.25) is 5.78 Å². The second kappa shape index (κ2) is 12.4. The van der Waals surface area contributed by atoms with Crippen molar-refractivity contribution in [2.75, 3.05) is 46.2 Å². The highest BCUT2D eigenvalue weighted by Crippen LogP contribution is 2.55. The van der Waals surface area contributed by atoms with Gasteiger partial charge in [-0.15, -0.1) is 0 Å². The predicted octanol–water partition coefficient (Wildman–Crippen LogP) is 0.990. The number of amides is 2. The van der Waals surface area contributed by atoms with Gasteiger partial charge in [0, 0.05) is 42.4 Å². The van der Waals surface area contributed by atoms with Gasteiger partial charge in [0.1, 0.15) is 29.4 Å². The van der Waals surface area contributed by atoms with Gasteiger partial charge in [-0.3, -0.25) is 28.9 Å². The van der Waals surface area contributed by atoms with E-state index in [4.69, 9.17) is 10.5 Å². The molecule has 0 aromatic heterocycles. The second-order valence-electron chi connectivity index (χ2n) is 12.6. The van der Waals surface area contributed by atoms with Crippen LogP contribution in [0.3, 0.4) is 0 Å². The topological polar surface area (TPSA) is 220 Å². The summed E-state index contributed by atoms with van der Waals surface area (Å²) in [7, 11) is 6.59. The van der Waals surface area contributed by atoms with Gasteiger partial charge < -0.3 is 41.1 Å². The molecule has 14 heteroatoms. The lowest BCUT2D eigenvalue weighted by Gasteiger charge is -2.50. The number of phenolic OH excluding ortho intramolecular Hbond substituents is 1. The summed E-state index contributed by atoms with van der Waals surface area (Å²) in [6.45, 7) is 1.46. The summed E-state index contributed by atoms with van der Waals surface area (Å²) in [5.41, 5.74) is 3.24. The van der Waals surface area contributed by atoms with Crippen LogP contribution in [0.2, 0.25) is 0 Å². The second-order valence-corrected chi connectivity index (χ2v) is 12.6. The third-order valence-corrected chi connectivity index (χ3v) is 9.31. The van der Waals surface area contributed by atoms with E-state index >= 15 is 0 Å². The Bertz CT molecular complexity index is 1830. The molecule has 2 aromatic rings. The Labute approximate surface area is 276 Å². The molecule has 0 bridgehead atoms. The summed E-state index contributed by atoms with van der Waals surface area (Å²) >= 11 is 0. The third-order valence-electron chi connectivity index (χ3n) is 9.31. The maximum Gasteiger partial charge on any atom is 0.325 e. The Morgan fingerprint density at radius 2 is 1.77 bits per heavy atom. The van der Waals surface area contributed by atoms with Crippen LogP contribution >= 0.6 is 0 Å². The van der Waals surface area contributed by atoms with Crippen molar-refractivity contribution < 1.29 is 49.1 Å². The molecule has 7 N–H and O–H groups in total. The van der Waals surface area contributed by atoms with Crippen molar-refractivity contribution in [3.8, 4) is 16.9 Å². The zero-order valence-corrected chi connectivity index (χ0v) is 27.2. The van der Waals surface area contributed by atoms with Crippen LogP contribution in [0, 0.1) is 11.8 Å². The maximum atomic E-state index is 14.2. The van der Waals surface area contributed by atoms with Gasteiger partial charge in [-0.05, 0) is 69.1 Å². The lowest BCUT2D eigenvalue weighted by atomic mass is 9.57.